The van der Waals surface area contributed by atoms with Gasteiger partial charge in [-0.25, -0.2) is 0 Å². The third-order valence-corrected chi connectivity index (χ3v) is 2.67. The zero-order chi connectivity index (χ0) is 10.6. The number of carbonyl (C=O) groups is 1. The maximum Gasteiger partial charge on any atom is 0.237 e. The van der Waals surface area contributed by atoms with Crippen molar-refractivity contribution in [2.45, 2.75) is 39.7 Å². The molecule has 0 aliphatic carbocycles. The van der Waals surface area contributed by atoms with Crippen molar-refractivity contribution in [1.29, 1.82) is 0 Å². The van der Waals surface area contributed by atoms with Crippen LogP contribution in [0.25, 0.3) is 0 Å². The van der Waals surface area contributed by atoms with E-state index in [1.807, 2.05) is 0 Å². The first-order chi connectivity index (χ1) is 6.59. The second-order valence-corrected chi connectivity index (χ2v) is 4.78. The molecule has 2 unspecified atom stereocenters. The molecule has 1 heterocycles. The van der Waals surface area contributed by atoms with E-state index in [2.05, 4.69) is 31.4 Å². The van der Waals surface area contributed by atoms with Gasteiger partial charge in [0.15, 0.2) is 0 Å². The van der Waals surface area contributed by atoms with Crippen LogP contribution in [0.15, 0.2) is 0 Å². The number of amides is 1. The minimum absolute atomic E-state index is 0.0394. The summed E-state index contributed by atoms with van der Waals surface area (Å²) in [7, 11) is 0. The van der Waals surface area contributed by atoms with E-state index in [0.717, 1.165) is 19.5 Å². The fraction of sp³-hybridized carbons (Fsp3) is 0.909. The second-order valence-electron chi connectivity index (χ2n) is 4.78. The Hall–Kier alpha value is -0.570. The van der Waals surface area contributed by atoms with Gasteiger partial charge >= 0.3 is 0 Å². The molecule has 0 saturated carbocycles. The van der Waals surface area contributed by atoms with E-state index >= 15 is 0 Å². The maximum atomic E-state index is 11.7. The van der Waals surface area contributed by atoms with Crippen LogP contribution in [0.2, 0.25) is 0 Å². The third kappa shape index (κ3) is 3.66. The van der Waals surface area contributed by atoms with Crippen LogP contribution >= 0.6 is 0 Å². The molecule has 2 N–H and O–H groups in total. The van der Waals surface area contributed by atoms with Gasteiger partial charge < -0.3 is 10.6 Å². The van der Waals surface area contributed by atoms with E-state index in [0.29, 0.717) is 11.8 Å². The molecular formula is C11H22N2O. The summed E-state index contributed by atoms with van der Waals surface area (Å²) in [5, 5.41) is 6.23. The van der Waals surface area contributed by atoms with E-state index in [4.69, 9.17) is 0 Å². The summed E-state index contributed by atoms with van der Waals surface area (Å²) in [5.41, 5.74) is 0. The van der Waals surface area contributed by atoms with Crippen molar-refractivity contribution in [1.82, 2.24) is 10.6 Å². The largest absolute Gasteiger partial charge is 0.354 e. The summed E-state index contributed by atoms with van der Waals surface area (Å²) in [6.45, 7) is 8.18. The summed E-state index contributed by atoms with van der Waals surface area (Å²) < 4.78 is 0. The molecule has 82 valence electrons. The summed E-state index contributed by atoms with van der Waals surface area (Å²) in [4.78, 5) is 11.7. The number of rotatable bonds is 3. The third-order valence-electron chi connectivity index (χ3n) is 2.67. The molecular weight excluding hydrogens is 176 g/mol. The van der Waals surface area contributed by atoms with Gasteiger partial charge in [-0.15, -0.1) is 0 Å². The van der Waals surface area contributed by atoms with Crippen LogP contribution in [-0.2, 0) is 4.79 Å². The monoisotopic (exact) mass is 198 g/mol. The Morgan fingerprint density at radius 2 is 2.29 bits per heavy atom. The van der Waals surface area contributed by atoms with Crippen molar-refractivity contribution >= 4 is 5.91 Å². The van der Waals surface area contributed by atoms with Gasteiger partial charge in [0, 0.05) is 6.54 Å². The molecule has 1 fully saturated rings. The lowest BCUT2D eigenvalue weighted by Gasteiger charge is -2.27. The topological polar surface area (TPSA) is 41.1 Å². The van der Waals surface area contributed by atoms with E-state index in [-0.39, 0.29) is 11.9 Å². The van der Waals surface area contributed by atoms with Gasteiger partial charge in [-0.05, 0) is 31.2 Å². The predicted octanol–water partition coefficient (Wildman–Crippen LogP) is 1.15. The molecule has 0 spiro atoms. The first-order valence-electron chi connectivity index (χ1n) is 5.60. The van der Waals surface area contributed by atoms with Crippen LogP contribution in [0.3, 0.4) is 0 Å². The normalized spacial score (nSPS) is 27.7. The molecule has 1 aliphatic heterocycles. The predicted molar refractivity (Wildman–Crippen MR) is 58.0 cm³/mol. The molecule has 14 heavy (non-hydrogen) atoms. The van der Waals surface area contributed by atoms with Crippen molar-refractivity contribution in [3.63, 3.8) is 0 Å². The summed E-state index contributed by atoms with van der Waals surface area (Å²) in [6, 6.07) is 0.0394. The van der Waals surface area contributed by atoms with E-state index < -0.39 is 0 Å². The van der Waals surface area contributed by atoms with Crippen molar-refractivity contribution in [2.24, 2.45) is 11.8 Å². The molecule has 1 rings (SSSR count). The van der Waals surface area contributed by atoms with Crippen LogP contribution in [0.1, 0.15) is 33.6 Å². The Bertz CT molecular complexity index is 192. The van der Waals surface area contributed by atoms with Crippen LogP contribution in [0.4, 0.5) is 0 Å². The number of carbonyl (C=O) groups excluding carboxylic acids is 1. The van der Waals surface area contributed by atoms with Gasteiger partial charge in [-0.3, -0.25) is 4.79 Å². The zero-order valence-corrected chi connectivity index (χ0v) is 9.47. The molecule has 0 aromatic heterocycles. The summed E-state index contributed by atoms with van der Waals surface area (Å²) in [5.74, 6) is 1.37. The Balaban J connectivity index is 2.29. The quantitative estimate of drug-likeness (QED) is 0.714. The first kappa shape index (κ1) is 11.5. The highest BCUT2D eigenvalue weighted by Gasteiger charge is 2.23. The number of hydrogen-bond acceptors (Lipinski definition) is 2. The number of nitrogens with one attached hydrogen (secondary N) is 2. The highest BCUT2D eigenvalue weighted by atomic mass is 16.2. The average molecular weight is 198 g/mol. The van der Waals surface area contributed by atoms with E-state index in [9.17, 15) is 4.79 Å². The molecule has 3 nitrogen and oxygen atoms in total. The Morgan fingerprint density at radius 1 is 1.57 bits per heavy atom. The zero-order valence-electron chi connectivity index (χ0n) is 9.47. The Morgan fingerprint density at radius 3 is 2.86 bits per heavy atom. The van der Waals surface area contributed by atoms with Crippen LogP contribution in [0, 0.1) is 11.8 Å². The van der Waals surface area contributed by atoms with Crippen molar-refractivity contribution in [2.75, 3.05) is 13.1 Å². The summed E-state index contributed by atoms with van der Waals surface area (Å²) >= 11 is 0. The molecule has 1 aliphatic rings. The molecule has 0 aromatic carbocycles. The highest BCUT2D eigenvalue weighted by Crippen LogP contribution is 2.14. The van der Waals surface area contributed by atoms with Gasteiger partial charge in [0.05, 0.1) is 6.04 Å². The maximum absolute atomic E-state index is 11.7. The molecule has 1 amide bonds. The molecule has 0 aromatic rings. The highest BCUT2D eigenvalue weighted by molar-refractivity contribution is 5.81. The minimum Gasteiger partial charge on any atom is -0.354 e. The van der Waals surface area contributed by atoms with Crippen molar-refractivity contribution < 1.29 is 4.79 Å². The van der Waals surface area contributed by atoms with Gasteiger partial charge in [-0.2, -0.15) is 0 Å². The molecule has 0 radical (unpaired) electrons. The van der Waals surface area contributed by atoms with Gasteiger partial charge in [0.1, 0.15) is 0 Å². The molecule has 2 atom stereocenters. The second kappa shape index (κ2) is 5.35. The number of piperidine rings is 1. The summed E-state index contributed by atoms with van der Waals surface area (Å²) in [6.07, 6.45) is 2.16. The minimum atomic E-state index is 0.0394. The smallest absolute Gasteiger partial charge is 0.237 e. The van der Waals surface area contributed by atoms with Gasteiger partial charge in [-0.1, -0.05) is 20.8 Å². The van der Waals surface area contributed by atoms with Crippen LogP contribution in [0.5, 0.6) is 0 Å². The fourth-order valence-corrected chi connectivity index (χ4v) is 1.74. The lowest BCUT2D eigenvalue weighted by Crippen LogP contribution is -2.49. The van der Waals surface area contributed by atoms with Gasteiger partial charge in [0.25, 0.3) is 0 Å². The van der Waals surface area contributed by atoms with Crippen molar-refractivity contribution in [3.8, 4) is 0 Å². The molecule has 1 saturated heterocycles. The number of hydrogen-bond donors (Lipinski definition) is 2. The lowest BCUT2D eigenvalue weighted by molar-refractivity contribution is -0.124. The van der Waals surface area contributed by atoms with Crippen molar-refractivity contribution in [3.05, 3.63) is 0 Å². The Kier molecular flexibility index (Phi) is 4.39. The molecule has 0 bridgehead atoms. The standard InChI is InChI=1S/C11H22N2O/c1-8(2)7-13-11(14)10-6-9(3)4-5-12-10/h8-10,12H,4-7H2,1-3H3,(H,13,14). The first-order valence-corrected chi connectivity index (χ1v) is 5.60. The lowest BCUT2D eigenvalue weighted by atomic mass is 9.94. The van der Waals surface area contributed by atoms with Gasteiger partial charge in [0.2, 0.25) is 5.91 Å². The van der Waals surface area contributed by atoms with Crippen LogP contribution in [-0.4, -0.2) is 25.0 Å². The van der Waals surface area contributed by atoms with E-state index in [1.165, 1.54) is 6.42 Å². The molecule has 3 heteroatoms. The average Bonchev–Trinajstić information content (AvgIpc) is 2.14. The van der Waals surface area contributed by atoms with Crippen LogP contribution < -0.4 is 10.6 Å². The Labute approximate surface area is 86.6 Å². The SMILES string of the molecule is CC(C)CNC(=O)C1CC(C)CCN1. The van der Waals surface area contributed by atoms with E-state index in [1.54, 1.807) is 0 Å². The fourth-order valence-electron chi connectivity index (χ4n) is 1.74.